The van der Waals surface area contributed by atoms with Gasteiger partial charge in [-0.2, -0.15) is 0 Å². The predicted molar refractivity (Wildman–Crippen MR) is 126 cm³/mol. The van der Waals surface area contributed by atoms with Gasteiger partial charge < -0.3 is 25.0 Å². The highest BCUT2D eigenvalue weighted by atomic mass is 16.2. The van der Waals surface area contributed by atoms with Crippen LogP contribution in [-0.4, -0.2) is 84.0 Å². The summed E-state index contributed by atoms with van der Waals surface area (Å²) in [4.78, 5) is 42.8. The first-order valence-electron chi connectivity index (χ1n) is 11.1. The van der Waals surface area contributed by atoms with Gasteiger partial charge in [0.1, 0.15) is 5.69 Å². The molecule has 170 valence electrons. The zero-order valence-corrected chi connectivity index (χ0v) is 18.9. The van der Waals surface area contributed by atoms with Gasteiger partial charge in [0, 0.05) is 57.3 Å². The molecule has 9 nitrogen and oxygen atoms in total. The largest absolute Gasteiger partial charge is 0.360 e. The molecule has 1 aliphatic carbocycles. The van der Waals surface area contributed by atoms with Crippen LogP contribution in [-0.2, 0) is 4.79 Å². The summed E-state index contributed by atoms with van der Waals surface area (Å²) in [7, 11) is 5.71. The summed E-state index contributed by atoms with van der Waals surface area (Å²) in [5.74, 6) is 1.16. The van der Waals surface area contributed by atoms with Crippen molar-refractivity contribution in [2.75, 3.05) is 57.5 Å². The van der Waals surface area contributed by atoms with Crippen molar-refractivity contribution in [1.29, 1.82) is 0 Å². The number of hydrogen-bond acceptors (Lipinski definition) is 7. The molecule has 0 radical (unpaired) electrons. The van der Waals surface area contributed by atoms with Gasteiger partial charge in [-0.1, -0.05) is 6.08 Å². The lowest BCUT2D eigenvalue weighted by atomic mass is 10.0. The zero-order chi connectivity index (χ0) is 22.7. The minimum atomic E-state index is -0.118. The molecule has 2 aromatic rings. The number of nitrogens with zero attached hydrogens (tertiary/aromatic N) is 5. The van der Waals surface area contributed by atoms with Crippen molar-refractivity contribution in [3.8, 4) is 11.3 Å². The van der Waals surface area contributed by atoms with Gasteiger partial charge in [-0.15, -0.1) is 0 Å². The molecule has 2 N–H and O–H groups in total. The van der Waals surface area contributed by atoms with Gasteiger partial charge in [0.2, 0.25) is 11.9 Å². The van der Waals surface area contributed by atoms with E-state index in [9.17, 15) is 9.59 Å². The maximum atomic E-state index is 12.8. The van der Waals surface area contributed by atoms with E-state index in [0.717, 1.165) is 24.3 Å². The standard InChI is InChI=1S/C23H31N7O2/c1-24-23-25-9-8-19(27-23)17-11-20(22(32)26-12-17)30(13-16-6-7-16)18-14-29(15-18)21(31)5-4-10-28(2)3/h4-5,8-9,11-12,16,18H,6-7,10,13-15H2,1-3H3,(H,26,32)(H,24,25,27). The predicted octanol–water partition coefficient (Wildman–Crippen LogP) is 1.42. The SMILES string of the molecule is CNc1nccc(-c2c[nH]c(=O)c(N(CC3CC3)C3CN(C(=O)C=CCN(C)C)C3)c2)n1. The van der Waals surface area contributed by atoms with E-state index >= 15 is 0 Å². The minimum absolute atomic E-state index is 0.0257. The third kappa shape index (κ3) is 5.16. The van der Waals surface area contributed by atoms with Crippen LogP contribution < -0.4 is 15.8 Å². The lowest BCUT2D eigenvalue weighted by Crippen LogP contribution is -2.62. The zero-order valence-electron chi connectivity index (χ0n) is 18.9. The number of hydrogen-bond donors (Lipinski definition) is 2. The number of nitrogens with one attached hydrogen (secondary N) is 2. The summed E-state index contributed by atoms with van der Waals surface area (Å²) in [6, 6.07) is 3.87. The van der Waals surface area contributed by atoms with Crippen molar-refractivity contribution in [3.63, 3.8) is 0 Å². The molecule has 1 aliphatic heterocycles. The Labute approximate surface area is 188 Å². The normalized spacial score (nSPS) is 16.4. The molecule has 0 spiro atoms. The first kappa shape index (κ1) is 22.0. The minimum Gasteiger partial charge on any atom is -0.360 e. The lowest BCUT2D eigenvalue weighted by molar-refractivity contribution is -0.130. The number of aromatic nitrogens is 3. The smallest absolute Gasteiger partial charge is 0.271 e. The Morgan fingerprint density at radius 2 is 2.12 bits per heavy atom. The molecule has 2 aromatic heterocycles. The number of pyridine rings is 1. The Bertz CT molecular complexity index is 1040. The number of likely N-dealkylation sites (tertiary alicyclic amines) is 1. The summed E-state index contributed by atoms with van der Waals surface area (Å²) < 4.78 is 0. The number of aromatic amines is 1. The second kappa shape index (κ2) is 9.52. The topological polar surface area (TPSA) is 97.5 Å². The number of carbonyl (C=O) groups is 1. The van der Waals surface area contributed by atoms with Crippen LogP contribution in [0, 0.1) is 5.92 Å². The maximum Gasteiger partial charge on any atom is 0.271 e. The number of anilines is 2. The summed E-state index contributed by atoms with van der Waals surface area (Å²) >= 11 is 0. The molecule has 32 heavy (non-hydrogen) atoms. The summed E-state index contributed by atoms with van der Waals surface area (Å²) in [5, 5.41) is 2.94. The van der Waals surface area contributed by atoms with E-state index in [0.29, 0.717) is 30.6 Å². The number of rotatable bonds is 9. The Kier molecular flexibility index (Phi) is 6.55. The second-order valence-electron chi connectivity index (χ2n) is 8.78. The molecular formula is C23H31N7O2. The van der Waals surface area contributed by atoms with Gasteiger partial charge in [-0.05, 0) is 45.0 Å². The van der Waals surface area contributed by atoms with E-state index in [-0.39, 0.29) is 17.5 Å². The lowest BCUT2D eigenvalue weighted by Gasteiger charge is -2.46. The van der Waals surface area contributed by atoms with E-state index < -0.39 is 0 Å². The molecule has 0 atom stereocenters. The van der Waals surface area contributed by atoms with Crippen LogP contribution in [0.1, 0.15) is 12.8 Å². The van der Waals surface area contributed by atoms with Gasteiger partial charge in [-0.25, -0.2) is 9.97 Å². The fourth-order valence-electron chi connectivity index (χ4n) is 3.80. The van der Waals surface area contributed by atoms with Crippen LogP contribution in [0.2, 0.25) is 0 Å². The summed E-state index contributed by atoms with van der Waals surface area (Å²) in [5.41, 5.74) is 2.09. The van der Waals surface area contributed by atoms with Crippen molar-refractivity contribution in [3.05, 3.63) is 47.0 Å². The van der Waals surface area contributed by atoms with Crippen LogP contribution in [0.15, 0.2) is 41.5 Å². The second-order valence-corrected chi connectivity index (χ2v) is 8.78. The maximum absolute atomic E-state index is 12.8. The average Bonchev–Trinajstić information content (AvgIpc) is 3.56. The monoisotopic (exact) mass is 437 g/mol. The number of amides is 1. The van der Waals surface area contributed by atoms with E-state index in [4.69, 9.17) is 0 Å². The number of H-pyrrole nitrogens is 1. The van der Waals surface area contributed by atoms with Crippen LogP contribution >= 0.6 is 0 Å². The van der Waals surface area contributed by atoms with Gasteiger partial charge in [0.15, 0.2) is 0 Å². The van der Waals surface area contributed by atoms with Gasteiger partial charge in [0.25, 0.3) is 5.56 Å². The Morgan fingerprint density at radius 3 is 2.81 bits per heavy atom. The fraction of sp³-hybridized carbons (Fsp3) is 0.478. The van der Waals surface area contributed by atoms with E-state index in [1.807, 2.05) is 42.1 Å². The van der Waals surface area contributed by atoms with Crippen LogP contribution in [0.4, 0.5) is 11.6 Å². The molecular weight excluding hydrogens is 406 g/mol. The van der Waals surface area contributed by atoms with Crippen molar-refractivity contribution < 1.29 is 4.79 Å². The molecule has 4 rings (SSSR count). The van der Waals surface area contributed by atoms with E-state index in [1.165, 1.54) is 12.8 Å². The number of carbonyl (C=O) groups excluding carboxylic acids is 1. The van der Waals surface area contributed by atoms with Crippen LogP contribution in [0.5, 0.6) is 0 Å². The van der Waals surface area contributed by atoms with E-state index in [1.54, 1.807) is 25.5 Å². The third-order valence-corrected chi connectivity index (χ3v) is 5.87. The Balaban J connectivity index is 1.52. The van der Waals surface area contributed by atoms with Crippen molar-refractivity contribution in [1.82, 2.24) is 24.8 Å². The first-order chi connectivity index (χ1) is 15.4. The fourth-order valence-corrected chi connectivity index (χ4v) is 3.80. The highest BCUT2D eigenvalue weighted by Crippen LogP contribution is 2.33. The Hall–Kier alpha value is -3.20. The summed E-state index contributed by atoms with van der Waals surface area (Å²) in [6.45, 7) is 2.82. The molecule has 1 amide bonds. The van der Waals surface area contributed by atoms with E-state index in [2.05, 4.69) is 25.2 Å². The molecule has 2 fully saturated rings. The summed E-state index contributed by atoms with van der Waals surface area (Å²) in [6.07, 6.45) is 9.29. The van der Waals surface area contributed by atoms with Gasteiger partial charge in [0.05, 0.1) is 11.7 Å². The molecule has 1 saturated carbocycles. The molecule has 9 heteroatoms. The van der Waals surface area contributed by atoms with Crippen LogP contribution in [0.3, 0.4) is 0 Å². The molecule has 0 unspecified atom stereocenters. The highest BCUT2D eigenvalue weighted by molar-refractivity contribution is 5.88. The molecule has 3 heterocycles. The average molecular weight is 438 g/mol. The number of likely N-dealkylation sites (N-methyl/N-ethyl adjacent to an activating group) is 1. The first-order valence-corrected chi connectivity index (χ1v) is 11.1. The van der Waals surface area contributed by atoms with Gasteiger partial charge in [-0.3, -0.25) is 9.59 Å². The van der Waals surface area contributed by atoms with Crippen molar-refractivity contribution in [2.24, 2.45) is 5.92 Å². The Morgan fingerprint density at radius 1 is 1.34 bits per heavy atom. The third-order valence-electron chi connectivity index (χ3n) is 5.87. The van der Waals surface area contributed by atoms with Gasteiger partial charge >= 0.3 is 0 Å². The quantitative estimate of drug-likeness (QED) is 0.573. The van der Waals surface area contributed by atoms with Crippen molar-refractivity contribution in [2.45, 2.75) is 18.9 Å². The molecule has 1 saturated heterocycles. The molecule has 2 aliphatic rings. The molecule has 0 bridgehead atoms. The van der Waals surface area contributed by atoms with Crippen LogP contribution in [0.25, 0.3) is 11.3 Å². The highest BCUT2D eigenvalue weighted by Gasteiger charge is 2.37. The molecule has 0 aromatic carbocycles. The van der Waals surface area contributed by atoms with Crippen molar-refractivity contribution >= 4 is 17.5 Å².